The third-order valence-electron chi connectivity index (χ3n) is 2.96. The largest absolute Gasteiger partial charge is 0.304 e. The van der Waals surface area contributed by atoms with Crippen molar-refractivity contribution >= 4 is 0 Å². The summed E-state index contributed by atoms with van der Waals surface area (Å²) in [7, 11) is 2.17. The fraction of sp³-hybridized carbons (Fsp3) is 1.00. The number of hydroxylamine groups is 2. The molecule has 0 aliphatic carbocycles. The van der Waals surface area contributed by atoms with E-state index in [1.165, 1.54) is 32.2 Å². The lowest BCUT2D eigenvalue weighted by atomic mass is 10.2. The fourth-order valence-corrected chi connectivity index (χ4v) is 2.16. The maximum absolute atomic E-state index is 5.91. The normalized spacial score (nSPS) is 32.5. The van der Waals surface area contributed by atoms with Crippen LogP contribution >= 0.6 is 0 Å². The van der Waals surface area contributed by atoms with E-state index in [4.69, 9.17) is 4.84 Å². The first-order valence-corrected chi connectivity index (χ1v) is 5.45. The van der Waals surface area contributed by atoms with Crippen molar-refractivity contribution < 1.29 is 4.84 Å². The Morgan fingerprint density at radius 3 is 2.46 bits per heavy atom. The number of rotatable bonds is 2. The molecule has 0 N–H and O–H groups in total. The van der Waals surface area contributed by atoms with Crippen LogP contribution in [0.2, 0.25) is 0 Å². The Morgan fingerprint density at radius 2 is 1.85 bits per heavy atom. The van der Waals surface area contributed by atoms with E-state index in [0.717, 1.165) is 19.6 Å². The van der Waals surface area contributed by atoms with E-state index in [-0.39, 0.29) is 0 Å². The maximum atomic E-state index is 5.91. The predicted molar refractivity (Wildman–Crippen MR) is 52.4 cm³/mol. The van der Waals surface area contributed by atoms with E-state index in [1.807, 2.05) is 0 Å². The lowest BCUT2D eigenvalue weighted by molar-refractivity contribution is -0.201. The predicted octanol–water partition coefficient (Wildman–Crippen LogP) is 1.11. The molecule has 76 valence electrons. The molecular weight excluding hydrogens is 164 g/mol. The van der Waals surface area contributed by atoms with Crippen molar-refractivity contribution in [3.8, 4) is 0 Å². The smallest absolute Gasteiger partial charge is 0.0931 e. The van der Waals surface area contributed by atoms with E-state index >= 15 is 0 Å². The zero-order valence-corrected chi connectivity index (χ0v) is 8.54. The zero-order valence-electron chi connectivity index (χ0n) is 8.54. The van der Waals surface area contributed by atoms with Crippen LogP contribution in [0.4, 0.5) is 0 Å². The number of piperidine rings is 1. The Balaban J connectivity index is 1.71. The second-order valence-corrected chi connectivity index (χ2v) is 4.27. The van der Waals surface area contributed by atoms with Gasteiger partial charge in [-0.05, 0) is 26.3 Å². The van der Waals surface area contributed by atoms with Crippen LogP contribution in [0.15, 0.2) is 0 Å². The summed E-state index contributed by atoms with van der Waals surface area (Å²) >= 11 is 0. The molecule has 2 saturated heterocycles. The summed E-state index contributed by atoms with van der Waals surface area (Å²) in [6, 6.07) is 0. The highest BCUT2D eigenvalue weighted by Crippen LogP contribution is 2.15. The van der Waals surface area contributed by atoms with Crippen LogP contribution in [0.25, 0.3) is 0 Å². The number of likely N-dealkylation sites (tertiary alicyclic amines) is 1. The standard InChI is InChI=1S/C10H20N2O/c1-11-8-5-10(9-11)13-12-6-3-2-4-7-12/h10H,2-9H2,1H3. The van der Waals surface area contributed by atoms with Crippen molar-refractivity contribution in [3.63, 3.8) is 0 Å². The van der Waals surface area contributed by atoms with Gasteiger partial charge < -0.3 is 4.90 Å². The Labute approximate surface area is 80.6 Å². The van der Waals surface area contributed by atoms with Gasteiger partial charge in [-0.15, -0.1) is 0 Å². The molecule has 3 nitrogen and oxygen atoms in total. The lowest BCUT2D eigenvalue weighted by Gasteiger charge is -2.28. The Morgan fingerprint density at radius 1 is 1.08 bits per heavy atom. The zero-order chi connectivity index (χ0) is 9.10. The molecule has 0 radical (unpaired) electrons. The third-order valence-corrected chi connectivity index (χ3v) is 2.96. The molecule has 1 atom stereocenters. The molecule has 0 saturated carbocycles. The fourth-order valence-electron chi connectivity index (χ4n) is 2.16. The Hall–Kier alpha value is -0.120. The van der Waals surface area contributed by atoms with Crippen molar-refractivity contribution in [3.05, 3.63) is 0 Å². The number of hydrogen-bond donors (Lipinski definition) is 0. The molecule has 0 spiro atoms. The molecule has 2 rings (SSSR count). The molecule has 1 unspecified atom stereocenters. The van der Waals surface area contributed by atoms with Gasteiger partial charge in [-0.2, -0.15) is 5.06 Å². The summed E-state index contributed by atoms with van der Waals surface area (Å²) < 4.78 is 0. The van der Waals surface area contributed by atoms with Crippen LogP contribution in [0.1, 0.15) is 25.7 Å². The van der Waals surface area contributed by atoms with Crippen molar-refractivity contribution in [1.29, 1.82) is 0 Å². The monoisotopic (exact) mass is 184 g/mol. The Kier molecular flexibility index (Phi) is 3.19. The molecule has 0 amide bonds. The van der Waals surface area contributed by atoms with Gasteiger partial charge in [0, 0.05) is 26.2 Å². The molecule has 0 aromatic heterocycles. The summed E-state index contributed by atoms with van der Waals surface area (Å²) in [6.45, 7) is 4.58. The van der Waals surface area contributed by atoms with Crippen LogP contribution in [-0.4, -0.2) is 49.3 Å². The Bertz CT molecular complexity index is 154. The number of hydrogen-bond acceptors (Lipinski definition) is 3. The molecule has 0 aromatic carbocycles. The number of likely N-dealkylation sites (N-methyl/N-ethyl adjacent to an activating group) is 1. The van der Waals surface area contributed by atoms with Crippen LogP contribution < -0.4 is 0 Å². The minimum absolute atomic E-state index is 0.461. The summed E-state index contributed by atoms with van der Waals surface area (Å²) in [5.41, 5.74) is 0. The maximum Gasteiger partial charge on any atom is 0.0931 e. The first-order chi connectivity index (χ1) is 6.34. The van der Waals surface area contributed by atoms with Gasteiger partial charge in [0.1, 0.15) is 0 Å². The minimum atomic E-state index is 0.461. The van der Waals surface area contributed by atoms with Gasteiger partial charge >= 0.3 is 0 Å². The SMILES string of the molecule is CN1CCC(ON2CCCCC2)C1. The molecule has 2 aliphatic heterocycles. The molecule has 0 bridgehead atoms. The minimum Gasteiger partial charge on any atom is -0.304 e. The summed E-state index contributed by atoms with van der Waals surface area (Å²) in [5.74, 6) is 0. The van der Waals surface area contributed by atoms with Gasteiger partial charge in [0.15, 0.2) is 0 Å². The highest BCUT2D eigenvalue weighted by atomic mass is 16.7. The molecule has 2 heterocycles. The molecule has 3 heteroatoms. The number of nitrogens with zero attached hydrogens (tertiary/aromatic N) is 2. The van der Waals surface area contributed by atoms with Gasteiger partial charge in [0.05, 0.1) is 6.10 Å². The lowest BCUT2D eigenvalue weighted by Crippen LogP contribution is -2.35. The van der Waals surface area contributed by atoms with Crippen LogP contribution in [0.3, 0.4) is 0 Å². The molecule has 2 aliphatic rings. The second-order valence-electron chi connectivity index (χ2n) is 4.27. The summed E-state index contributed by atoms with van der Waals surface area (Å²) in [4.78, 5) is 8.26. The van der Waals surface area contributed by atoms with Gasteiger partial charge in [-0.3, -0.25) is 4.84 Å². The van der Waals surface area contributed by atoms with E-state index in [0.29, 0.717) is 6.10 Å². The van der Waals surface area contributed by atoms with Crippen LogP contribution in [-0.2, 0) is 4.84 Å². The van der Waals surface area contributed by atoms with Crippen molar-refractivity contribution in [2.45, 2.75) is 31.8 Å². The molecule has 13 heavy (non-hydrogen) atoms. The van der Waals surface area contributed by atoms with Crippen molar-refractivity contribution in [2.75, 3.05) is 33.2 Å². The van der Waals surface area contributed by atoms with Crippen molar-refractivity contribution in [2.24, 2.45) is 0 Å². The third kappa shape index (κ3) is 2.66. The summed E-state index contributed by atoms with van der Waals surface area (Å²) in [5, 5.41) is 2.17. The van der Waals surface area contributed by atoms with Gasteiger partial charge in [-0.1, -0.05) is 6.42 Å². The topological polar surface area (TPSA) is 15.7 Å². The quantitative estimate of drug-likeness (QED) is 0.639. The van der Waals surface area contributed by atoms with E-state index < -0.39 is 0 Å². The second kappa shape index (κ2) is 4.40. The molecular formula is C10H20N2O. The van der Waals surface area contributed by atoms with Crippen LogP contribution in [0, 0.1) is 0 Å². The molecule has 0 aromatic rings. The first kappa shape index (κ1) is 9.44. The van der Waals surface area contributed by atoms with Crippen LogP contribution in [0.5, 0.6) is 0 Å². The molecule has 2 fully saturated rings. The van der Waals surface area contributed by atoms with Gasteiger partial charge in [-0.25, -0.2) is 0 Å². The average molecular weight is 184 g/mol. The van der Waals surface area contributed by atoms with Crippen molar-refractivity contribution in [1.82, 2.24) is 9.96 Å². The van der Waals surface area contributed by atoms with E-state index in [2.05, 4.69) is 17.0 Å². The van der Waals surface area contributed by atoms with E-state index in [9.17, 15) is 0 Å². The van der Waals surface area contributed by atoms with Gasteiger partial charge in [0.25, 0.3) is 0 Å². The summed E-state index contributed by atoms with van der Waals surface area (Å²) in [6.07, 6.45) is 5.66. The highest BCUT2D eigenvalue weighted by molar-refractivity contribution is 4.73. The average Bonchev–Trinajstić information content (AvgIpc) is 2.53. The van der Waals surface area contributed by atoms with Gasteiger partial charge in [0.2, 0.25) is 0 Å². The van der Waals surface area contributed by atoms with E-state index in [1.54, 1.807) is 0 Å². The first-order valence-electron chi connectivity index (χ1n) is 5.45. The highest BCUT2D eigenvalue weighted by Gasteiger charge is 2.23.